The lowest BCUT2D eigenvalue weighted by atomic mass is 9.83. The minimum atomic E-state index is -0.903. The topological polar surface area (TPSA) is 60.2 Å². The molecule has 0 spiro atoms. The molecular formula is C14H19NO2. The number of hydrogen-bond donors (Lipinski definition) is 1. The summed E-state index contributed by atoms with van der Waals surface area (Å²) in [5, 5.41) is 0. The molecule has 0 aliphatic carbocycles. The number of ketones is 1. The molecule has 0 aromatic heterocycles. The largest absolute Gasteiger partial charge is 0.363 e. The van der Waals surface area contributed by atoms with Gasteiger partial charge in [-0.1, -0.05) is 32.9 Å². The van der Waals surface area contributed by atoms with Crippen LogP contribution in [-0.4, -0.2) is 11.7 Å². The first-order valence-corrected chi connectivity index (χ1v) is 5.60. The van der Waals surface area contributed by atoms with E-state index in [4.69, 9.17) is 5.73 Å². The quantitative estimate of drug-likeness (QED) is 0.629. The second-order valence-corrected chi connectivity index (χ2v) is 5.43. The Balaban J connectivity index is 3.40. The fourth-order valence-electron chi connectivity index (χ4n) is 1.88. The first kappa shape index (κ1) is 13.4. The molecule has 0 fully saturated rings. The van der Waals surface area contributed by atoms with E-state index in [1.54, 1.807) is 0 Å². The molecule has 1 aromatic rings. The highest BCUT2D eigenvalue weighted by molar-refractivity contribution is 6.43. The number of benzene rings is 1. The highest BCUT2D eigenvalue weighted by Crippen LogP contribution is 2.27. The zero-order valence-corrected chi connectivity index (χ0v) is 11.0. The number of rotatable bonds is 2. The van der Waals surface area contributed by atoms with Crippen molar-refractivity contribution in [3.05, 3.63) is 34.4 Å². The first-order valence-electron chi connectivity index (χ1n) is 5.60. The normalized spacial score (nSPS) is 11.4. The molecule has 0 radical (unpaired) electrons. The number of nitrogens with two attached hydrogens (primary N) is 1. The third kappa shape index (κ3) is 2.73. The number of carbonyl (C=O) groups is 2. The van der Waals surface area contributed by atoms with Gasteiger partial charge in [0, 0.05) is 5.56 Å². The van der Waals surface area contributed by atoms with E-state index in [9.17, 15) is 9.59 Å². The summed E-state index contributed by atoms with van der Waals surface area (Å²) in [4.78, 5) is 22.6. The van der Waals surface area contributed by atoms with E-state index in [2.05, 4.69) is 20.8 Å². The molecule has 92 valence electrons. The summed E-state index contributed by atoms with van der Waals surface area (Å²) in [6.07, 6.45) is 0. The van der Waals surface area contributed by atoms with Gasteiger partial charge in [-0.15, -0.1) is 0 Å². The highest BCUT2D eigenvalue weighted by atomic mass is 16.2. The second-order valence-electron chi connectivity index (χ2n) is 5.43. The summed E-state index contributed by atoms with van der Waals surface area (Å²) >= 11 is 0. The van der Waals surface area contributed by atoms with Gasteiger partial charge in [0.25, 0.3) is 5.91 Å². The molecule has 0 atom stereocenters. The van der Waals surface area contributed by atoms with Gasteiger partial charge >= 0.3 is 0 Å². The Labute approximate surface area is 102 Å². The Morgan fingerprint density at radius 2 is 1.47 bits per heavy atom. The number of aryl methyl sites for hydroxylation is 2. The summed E-state index contributed by atoms with van der Waals surface area (Å²) in [5.74, 6) is -1.51. The number of hydrogen-bond acceptors (Lipinski definition) is 2. The maximum Gasteiger partial charge on any atom is 0.289 e. The fraction of sp³-hybridized carbons (Fsp3) is 0.429. The van der Waals surface area contributed by atoms with Crippen LogP contribution in [-0.2, 0) is 10.2 Å². The highest BCUT2D eigenvalue weighted by Gasteiger charge is 2.21. The SMILES string of the molecule is Cc1cc(C(C)(C)C)cc(C)c1C(=O)C(N)=O. The molecular weight excluding hydrogens is 214 g/mol. The summed E-state index contributed by atoms with van der Waals surface area (Å²) in [7, 11) is 0. The molecule has 17 heavy (non-hydrogen) atoms. The van der Waals surface area contributed by atoms with Crippen LogP contribution in [0.4, 0.5) is 0 Å². The third-order valence-electron chi connectivity index (χ3n) is 2.85. The fourth-order valence-corrected chi connectivity index (χ4v) is 1.88. The van der Waals surface area contributed by atoms with E-state index in [0.29, 0.717) is 5.56 Å². The van der Waals surface area contributed by atoms with Crippen LogP contribution in [0.25, 0.3) is 0 Å². The first-order chi connectivity index (χ1) is 7.64. The lowest BCUT2D eigenvalue weighted by Crippen LogP contribution is -2.25. The number of amides is 1. The molecule has 0 saturated heterocycles. The average Bonchev–Trinajstić information content (AvgIpc) is 2.14. The standard InChI is InChI=1S/C14H19NO2/c1-8-6-10(14(3,4)5)7-9(2)11(8)12(16)13(15)17/h6-7H,1-5H3,(H2,15,17). The van der Waals surface area contributed by atoms with Crippen LogP contribution in [0.3, 0.4) is 0 Å². The van der Waals surface area contributed by atoms with Gasteiger partial charge in [-0.2, -0.15) is 0 Å². The Hall–Kier alpha value is -1.64. The van der Waals surface area contributed by atoms with Gasteiger partial charge in [-0.3, -0.25) is 9.59 Å². The van der Waals surface area contributed by atoms with E-state index < -0.39 is 11.7 Å². The van der Waals surface area contributed by atoms with Gasteiger partial charge in [0.2, 0.25) is 5.78 Å². The van der Waals surface area contributed by atoms with Gasteiger partial charge in [0.1, 0.15) is 0 Å². The minimum Gasteiger partial charge on any atom is -0.363 e. The van der Waals surface area contributed by atoms with Gasteiger partial charge in [-0.05, 0) is 36.0 Å². The predicted molar refractivity (Wildman–Crippen MR) is 68.1 cm³/mol. The molecule has 1 amide bonds. The zero-order chi connectivity index (χ0) is 13.4. The van der Waals surface area contributed by atoms with E-state index in [1.807, 2.05) is 26.0 Å². The van der Waals surface area contributed by atoms with Crippen LogP contribution in [0.15, 0.2) is 12.1 Å². The van der Waals surface area contributed by atoms with Gasteiger partial charge < -0.3 is 5.73 Å². The summed E-state index contributed by atoms with van der Waals surface area (Å²) in [6, 6.07) is 3.90. The summed E-state index contributed by atoms with van der Waals surface area (Å²) < 4.78 is 0. The van der Waals surface area contributed by atoms with E-state index in [-0.39, 0.29) is 5.41 Å². The molecule has 1 aromatic carbocycles. The molecule has 0 bridgehead atoms. The number of carbonyl (C=O) groups excluding carboxylic acids is 2. The van der Waals surface area contributed by atoms with Gasteiger partial charge in [0.05, 0.1) is 0 Å². The van der Waals surface area contributed by atoms with Crippen LogP contribution in [0.5, 0.6) is 0 Å². The Bertz CT molecular complexity index is 458. The zero-order valence-electron chi connectivity index (χ0n) is 11.0. The van der Waals surface area contributed by atoms with Crippen LogP contribution < -0.4 is 5.73 Å². The predicted octanol–water partition coefficient (Wildman–Crippen LogP) is 2.27. The van der Waals surface area contributed by atoms with Crippen molar-refractivity contribution in [1.82, 2.24) is 0 Å². The van der Waals surface area contributed by atoms with Gasteiger partial charge in [-0.25, -0.2) is 0 Å². The van der Waals surface area contributed by atoms with Crippen molar-refractivity contribution in [2.24, 2.45) is 5.73 Å². The molecule has 0 saturated carbocycles. The van der Waals surface area contributed by atoms with Crippen molar-refractivity contribution in [2.75, 3.05) is 0 Å². The smallest absolute Gasteiger partial charge is 0.289 e. The van der Waals surface area contributed by atoms with Gasteiger partial charge in [0.15, 0.2) is 0 Å². The lowest BCUT2D eigenvalue weighted by Gasteiger charge is -2.21. The summed E-state index contributed by atoms with van der Waals surface area (Å²) in [6.45, 7) is 9.99. The Kier molecular flexibility index (Phi) is 3.41. The number of Topliss-reactive ketones (excluding diaryl/α,β-unsaturated/α-hetero) is 1. The third-order valence-corrected chi connectivity index (χ3v) is 2.85. The Morgan fingerprint density at radius 3 is 1.76 bits per heavy atom. The van der Waals surface area contributed by atoms with Crippen LogP contribution >= 0.6 is 0 Å². The van der Waals surface area contributed by atoms with E-state index in [0.717, 1.165) is 16.7 Å². The van der Waals surface area contributed by atoms with Crippen LogP contribution in [0, 0.1) is 13.8 Å². The monoisotopic (exact) mass is 233 g/mol. The molecule has 0 aliphatic heterocycles. The maximum atomic E-state index is 11.7. The second kappa shape index (κ2) is 4.32. The molecule has 2 N–H and O–H groups in total. The lowest BCUT2D eigenvalue weighted by molar-refractivity contribution is -0.114. The molecule has 0 heterocycles. The molecule has 3 heteroatoms. The van der Waals surface area contributed by atoms with Crippen LogP contribution in [0.2, 0.25) is 0 Å². The molecule has 0 unspecified atom stereocenters. The number of primary amides is 1. The average molecular weight is 233 g/mol. The van der Waals surface area contributed by atoms with Crippen molar-refractivity contribution in [3.8, 4) is 0 Å². The van der Waals surface area contributed by atoms with E-state index in [1.165, 1.54) is 0 Å². The van der Waals surface area contributed by atoms with Crippen molar-refractivity contribution in [3.63, 3.8) is 0 Å². The molecule has 3 nitrogen and oxygen atoms in total. The molecule has 1 rings (SSSR count). The Morgan fingerprint density at radius 1 is 1.06 bits per heavy atom. The van der Waals surface area contributed by atoms with Crippen molar-refractivity contribution in [2.45, 2.75) is 40.0 Å². The molecule has 0 aliphatic rings. The summed E-state index contributed by atoms with van der Waals surface area (Å²) in [5.41, 5.74) is 8.25. The van der Waals surface area contributed by atoms with E-state index >= 15 is 0 Å². The maximum absolute atomic E-state index is 11.7. The van der Waals surface area contributed by atoms with Crippen molar-refractivity contribution >= 4 is 11.7 Å². The minimum absolute atomic E-state index is 0.0177. The van der Waals surface area contributed by atoms with Crippen LogP contribution in [0.1, 0.15) is 47.8 Å². The van der Waals surface area contributed by atoms with Crippen molar-refractivity contribution in [1.29, 1.82) is 0 Å². The van der Waals surface area contributed by atoms with Crippen molar-refractivity contribution < 1.29 is 9.59 Å².